The van der Waals surface area contributed by atoms with Crippen LogP contribution in [0.15, 0.2) is 59.4 Å². The van der Waals surface area contributed by atoms with Crippen molar-refractivity contribution in [3.63, 3.8) is 0 Å². The number of amides is 1. The number of carbonyl (C=O) groups is 2. The Labute approximate surface area is 167 Å². The van der Waals surface area contributed by atoms with Gasteiger partial charge in [0.05, 0.1) is 5.39 Å². The van der Waals surface area contributed by atoms with Gasteiger partial charge in [0.1, 0.15) is 5.52 Å². The summed E-state index contributed by atoms with van der Waals surface area (Å²) in [5.74, 6) is -1.41. The van der Waals surface area contributed by atoms with E-state index in [2.05, 4.69) is 15.6 Å². The molecule has 8 heteroatoms. The van der Waals surface area contributed by atoms with Gasteiger partial charge in [-0.15, -0.1) is 5.10 Å². The molecular formula is C21H22N4O4. The van der Waals surface area contributed by atoms with Gasteiger partial charge in [0, 0.05) is 13.0 Å². The zero-order chi connectivity index (χ0) is 20.6. The van der Waals surface area contributed by atoms with Crippen LogP contribution in [0.25, 0.3) is 10.9 Å². The van der Waals surface area contributed by atoms with Crippen LogP contribution in [-0.4, -0.2) is 32.0 Å². The van der Waals surface area contributed by atoms with Crippen LogP contribution in [0.1, 0.15) is 37.3 Å². The number of aryl methyl sites for hydroxylation is 1. The smallest absolute Gasteiger partial charge is 0.330 e. The number of carbonyl (C=O) groups excluding carboxylic acids is 1. The molecule has 0 bridgehead atoms. The molecule has 3 aromatic rings. The maximum Gasteiger partial charge on any atom is 0.330 e. The van der Waals surface area contributed by atoms with Crippen molar-refractivity contribution in [2.75, 3.05) is 0 Å². The van der Waals surface area contributed by atoms with E-state index in [9.17, 15) is 19.5 Å². The average molecular weight is 394 g/mol. The fourth-order valence-corrected chi connectivity index (χ4v) is 3.06. The lowest BCUT2D eigenvalue weighted by Crippen LogP contribution is -2.33. The summed E-state index contributed by atoms with van der Waals surface area (Å²) in [6.45, 7) is 0.417. The van der Waals surface area contributed by atoms with E-state index in [1.54, 1.807) is 54.6 Å². The topological polar surface area (TPSA) is 114 Å². The van der Waals surface area contributed by atoms with Crippen LogP contribution >= 0.6 is 0 Å². The minimum atomic E-state index is -1.10. The van der Waals surface area contributed by atoms with Crippen molar-refractivity contribution < 1.29 is 14.7 Å². The minimum Gasteiger partial charge on any atom is -0.479 e. The van der Waals surface area contributed by atoms with E-state index in [1.807, 2.05) is 0 Å². The number of nitrogens with one attached hydrogen (secondary N) is 1. The van der Waals surface area contributed by atoms with Gasteiger partial charge < -0.3 is 10.4 Å². The van der Waals surface area contributed by atoms with Gasteiger partial charge in [-0.05, 0) is 30.5 Å². The second kappa shape index (κ2) is 9.59. The zero-order valence-electron chi connectivity index (χ0n) is 15.8. The molecule has 0 fully saturated rings. The molecule has 2 N–H and O–H groups in total. The highest BCUT2D eigenvalue weighted by Crippen LogP contribution is 2.13. The molecule has 1 aromatic heterocycles. The first-order valence-electron chi connectivity index (χ1n) is 9.46. The molecule has 0 spiro atoms. The van der Waals surface area contributed by atoms with Crippen molar-refractivity contribution in [3.8, 4) is 0 Å². The number of carboxylic acids is 1. The summed E-state index contributed by atoms with van der Waals surface area (Å²) in [4.78, 5) is 35.9. The van der Waals surface area contributed by atoms with Gasteiger partial charge in [0.25, 0.3) is 5.56 Å². The molecule has 0 aliphatic rings. The van der Waals surface area contributed by atoms with Crippen LogP contribution in [0.3, 0.4) is 0 Å². The molecule has 2 aromatic carbocycles. The lowest BCUT2D eigenvalue weighted by atomic mass is 10.1. The molecule has 1 heterocycles. The van der Waals surface area contributed by atoms with Gasteiger partial charge in [0.15, 0.2) is 6.04 Å². The van der Waals surface area contributed by atoms with Crippen molar-refractivity contribution >= 4 is 22.8 Å². The second-order valence-corrected chi connectivity index (χ2v) is 6.69. The Morgan fingerprint density at radius 2 is 1.72 bits per heavy atom. The van der Waals surface area contributed by atoms with Crippen LogP contribution in [0.2, 0.25) is 0 Å². The highest BCUT2D eigenvalue weighted by atomic mass is 16.4. The van der Waals surface area contributed by atoms with E-state index >= 15 is 0 Å². The van der Waals surface area contributed by atoms with E-state index in [0.29, 0.717) is 42.3 Å². The van der Waals surface area contributed by atoms with Crippen molar-refractivity contribution in [2.24, 2.45) is 0 Å². The molecule has 1 amide bonds. The molecule has 8 nitrogen and oxygen atoms in total. The van der Waals surface area contributed by atoms with Crippen LogP contribution in [-0.2, 0) is 16.1 Å². The summed E-state index contributed by atoms with van der Waals surface area (Å²) < 4.78 is 1.33. The molecule has 0 saturated heterocycles. The van der Waals surface area contributed by atoms with E-state index in [0.717, 1.165) is 0 Å². The fourth-order valence-electron chi connectivity index (χ4n) is 3.06. The summed E-state index contributed by atoms with van der Waals surface area (Å²) in [5, 5.41) is 20.4. The molecule has 0 unspecified atom stereocenters. The largest absolute Gasteiger partial charge is 0.479 e. The Balaban J connectivity index is 1.46. The van der Waals surface area contributed by atoms with Gasteiger partial charge in [-0.25, -0.2) is 9.48 Å². The van der Waals surface area contributed by atoms with E-state index in [1.165, 1.54) is 4.68 Å². The fraction of sp³-hybridized carbons (Fsp3) is 0.286. The van der Waals surface area contributed by atoms with Crippen LogP contribution < -0.4 is 10.9 Å². The molecule has 1 atom stereocenters. The number of benzene rings is 2. The molecule has 29 heavy (non-hydrogen) atoms. The standard InChI is InChI=1S/C21H22N4O4/c26-18(22-19(21(28)29)15-9-3-1-4-10-15)13-5-2-8-14-25-20(27)16-11-6-7-12-17(16)23-24-25/h1,3-4,6-7,9-12,19H,2,5,8,13-14H2,(H,22,26)(H,28,29)/t19-/m0/s1. The van der Waals surface area contributed by atoms with E-state index < -0.39 is 12.0 Å². The Kier molecular flexibility index (Phi) is 6.67. The number of aliphatic carboxylic acids is 1. The van der Waals surface area contributed by atoms with Crippen molar-refractivity contribution in [1.82, 2.24) is 20.3 Å². The molecule has 150 valence electrons. The van der Waals surface area contributed by atoms with Crippen molar-refractivity contribution in [2.45, 2.75) is 38.3 Å². The number of nitrogens with zero attached hydrogens (tertiary/aromatic N) is 3. The monoisotopic (exact) mass is 394 g/mol. The maximum atomic E-state index is 12.4. The normalized spacial score (nSPS) is 11.9. The highest BCUT2D eigenvalue weighted by Gasteiger charge is 2.21. The van der Waals surface area contributed by atoms with Gasteiger partial charge in [0.2, 0.25) is 5.91 Å². The first-order chi connectivity index (χ1) is 14.1. The molecular weight excluding hydrogens is 372 g/mol. The molecule has 0 radical (unpaired) electrons. The minimum absolute atomic E-state index is 0.180. The third kappa shape index (κ3) is 5.25. The third-order valence-corrected chi connectivity index (χ3v) is 4.59. The van der Waals surface area contributed by atoms with E-state index in [-0.39, 0.29) is 17.9 Å². The van der Waals surface area contributed by atoms with Crippen LogP contribution in [0.4, 0.5) is 0 Å². The maximum absolute atomic E-state index is 12.4. The Bertz CT molecular complexity index is 1050. The lowest BCUT2D eigenvalue weighted by Gasteiger charge is -2.14. The zero-order valence-corrected chi connectivity index (χ0v) is 15.8. The van der Waals surface area contributed by atoms with Gasteiger partial charge in [-0.1, -0.05) is 54.1 Å². The first-order valence-corrected chi connectivity index (χ1v) is 9.46. The predicted molar refractivity (Wildman–Crippen MR) is 107 cm³/mol. The summed E-state index contributed by atoms with van der Waals surface area (Å²) in [6, 6.07) is 14.6. The molecule has 0 aliphatic carbocycles. The number of hydrogen-bond donors (Lipinski definition) is 2. The van der Waals surface area contributed by atoms with Gasteiger partial charge in [-0.3, -0.25) is 9.59 Å². The third-order valence-electron chi connectivity index (χ3n) is 4.59. The number of unbranched alkanes of at least 4 members (excludes halogenated alkanes) is 2. The average Bonchev–Trinajstić information content (AvgIpc) is 2.74. The molecule has 3 rings (SSSR count). The second-order valence-electron chi connectivity index (χ2n) is 6.69. The number of carboxylic acid groups (broad SMARTS) is 1. The van der Waals surface area contributed by atoms with Crippen molar-refractivity contribution in [3.05, 3.63) is 70.5 Å². The molecule has 0 saturated carbocycles. The number of aromatic nitrogens is 3. The quantitative estimate of drug-likeness (QED) is 0.538. The van der Waals surface area contributed by atoms with E-state index in [4.69, 9.17) is 0 Å². The van der Waals surface area contributed by atoms with Crippen LogP contribution in [0, 0.1) is 0 Å². The highest BCUT2D eigenvalue weighted by molar-refractivity contribution is 5.84. The number of rotatable bonds is 9. The number of fused-ring (bicyclic) bond motifs is 1. The Hall–Kier alpha value is -3.55. The predicted octanol–water partition coefficient (Wildman–Crippen LogP) is 2.29. The molecule has 0 aliphatic heterocycles. The van der Waals surface area contributed by atoms with Gasteiger partial charge >= 0.3 is 5.97 Å². The summed E-state index contributed by atoms with van der Waals surface area (Å²) in [5.41, 5.74) is 0.917. The number of hydrogen-bond acceptors (Lipinski definition) is 5. The van der Waals surface area contributed by atoms with Gasteiger partial charge in [-0.2, -0.15) is 0 Å². The summed E-state index contributed by atoms with van der Waals surface area (Å²) in [6.07, 6.45) is 2.18. The Morgan fingerprint density at radius 3 is 2.48 bits per heavy atom. The summed E-state index contributed by atoms with van der Waals surface area (Å²) in [7, 11) is 0. The Morgan fingerprint density at radius 1 is 1.00 bits per heavy atom. The lowest BCUT2D eigenvalue weighted by molar-refractivity contribution is -0.142. The first kappa shape index (κ1) is 20.2. The van der Waals surface area contributed by atoms with Crippen LogP contribution in [0.5, 0.6) is 0 Å². The SMILES string of the molecule is O=C(CCCCCn1nnc2ccccc2c1=O)N[C@H](C(=O)O)c1ccccc1. The van der Waals surface area contributed by atoms with Crippen molar-refractivity contribution in [1.29, 1.82) is 0 Å². The summed E-state index contributed by atoms with van der Waals surface area (Å²) >= 11 is 0.